The van der Waals surface area contributed by atoms with Crippen LogP contribution in [0.4, 0.5) is 0 Å². The highest BCUT2D eigenvalue weighted by atomic mass is 16.3. The van der Waals surface area contributed by atoms with Gasteiger partial charge in [-0.05, 0) is 48.6 Å². The lowest BCUT2D eigenvalue weighted by molar-refractivity contribution is -0.136. The molecule has 9 nitrogen and oxygen atoms in total. The molecule has 170 valence electrons. The van der Waals surface area contributed by atoms with Crippen LogP contribution in [0.25, 0.3) is 0 Å². The molecule has 4 heterocycles. The first-order chi connectivity index (χ1) is 15.9. The summed E-state index contributed by atoms with van der Waals surface area (Å²) >= 11 is 0. The highest BCUT2D eigenvalue weighted by molar-refractivity contribution is 6.23. The number of piperidine rings is 2. The average Bonchev–Trinajstić information content (AvgIpc) is 3.06. The molecule has 1 unspecified atom stereocenters. The zero-order chi connectivity index (χ0) is 23.2. The van der Waals surface area contributed by atoms with Crippen LogP contribution in [-0.2, 0) is 21.7 Å². The number of benzene rings is 1. The maximum Gasteiger partial charge on any atom is 0.262 e. The Morgan fingerprint density at radius 2 is 1.82 bits per heavy atom. The number of carbonyl (C=O) groups is 4. The molecule has 2 N–H and O–H groups in total. The van der Waals surface area contributed by atoms with Crippen LogP contribution in [0, 0.1) is 0 Å². The largest absolute Gasteiger partial charge is 0.385 e. The van der Waals surface area contributed by atoms with Gasteiger partial charge in [0.25, 0.3) is 11.8 Å². The number of aliphatic hydroxyl groups is 1. The predicted molar refractivity (Wildman–Crippen MR) is 116 cm³/mol. The van der Waals surface area contributed by atoms with Gasteiger partial charge in [-0.2, -0.15) is 0 Å². The summed E-state index contributed by atoms with van der Waals surface area (Å²) < 4.78 is 0. The Balaban J connectivity index is 1.32. The predicted octanol–water partition coefficient (Wildman–Crippen LogP) is 0.966. The number of aromatic nitrogens is 1. The van der Waals surface area contributed by atoms with E-state index in [0.717, 1.165) is 17.0 Å². The number of nitrogens with one attached hydrogen (secondary N) is 1. The normalized spacial score (nSPS) is 22.9. The van der Waals surface area contributed by atoms with E-state index in [-0.39, 0.29) is 24.0 Å². The van der Waals surface area contributed by atoms with Crippen LogP contribution in [0.1, 0.15) is 57.5 Å². The third-order valence-corrected chi connectivity index (χ3v) is 6.79. The van der Waals surface area contributed by atoms with E-state index in [1.54, 1.807) is 24.4 Å². The van der Waals surface area contributed by atoms with Crippen molar-refractivity contribution in [3.63, 3.8) is 0 Å². The fourth-order valence-electron chi connectivity index (χ4n) is 4.88. The summed E-state index contributed by atoms with van der Waals surface area (Å²) in [5.74, 6) is -2.16. The van der Waals surface area contributed by atoms with E-state index < -0.39 is 35.3 Å². The number of nitrogens with zero attached hydrogens (tertiary/aromatic N) is 3. The first-order valence-corrected chi connectivity index (χ1v) is 11.1. The molecule has 0 bridgehead atoms. The maximum absolute atomic E-state index is 13.1. The molecule has 1 atom stereocenters. The highest BCUT2D eigenvalue weighted by Crippen LogP contribution is 2.36. The molecule has 2 saturated heterocycles. The molecule has 9 heteroatoms. The zero-order valence-electron chi connectivity index (χ0n) is 18.0. The number of amides is 4. The number of fused-ring (bicyclic) bond motifs is 1. The van der Waals surface area contributed by atoms with E-state index in [2.05, 4.69) is 15.2 Å². The topological polar surface area (TPSA) is 120 Å². The third kappa shape index (κ3) is 3.83. The molecule has 3 aliphatic heterocycles. The van der Waals surface area contributed by atoms with Gasteiger partial charge < -0.3 is 5.11 Å². The smallest absolute Gasteiger partial charge is 0.262 e. The first kappa shape index (κ1) is 21.4. The highest BCUT2D eigenvalue weighted by Gasteiger charge is 2.45. The van der Waals surface area contributed by atoms with Crippen molar-refractivity contribution in [2.24, 2.45) is 0 Å². The van der Waals surface area contributed by atoms with Crippen molar-refractivity contribution in [1.82, 2.24) is 20.1 Å². The van der Waals surface area contributed by atoms with Crippen LogP contribution < -0.4 is 5.32 Å². The SMILES string of the molecule is O=C1CCC(N2C(=O)c3ccc(C4(O)CCN(Cc5cccnc5)CC4)cc3C2=O)C(=O)N1. The lowest BCUT2D eigenvalue weighted by Gasteiger charge is -2.38. The Hall–Kier alpha value is -3.43. The fraction of sp³-hybridized carbons (Fsp3) is 0.375. The summed E-state index contributed by atoms with van der Waals surface area (Å²) in [6.45, 7) is 2.11. The summed E-state index contributed by atoms with van der Waals surface area (Å²) in [6.07, 6.45) is 4.73. The monoisotopic (exact) mass is 448 g/mol. The third-order valence-electron chi connectivity index (χ3n) is 6.79. The van der Waals surface area contributed by atoms with Crippen LogP contribution in [0.2, 0.25) is 0 Å². The fourth-order valence-corrected chi connectivity index (χ4v) is 4.88. The van der Waals surface area contributed by atoms with Gasteiger partial charge in [0.2, 0.25) is 11.8 Å². The molecule has 4 amide bonds. The van der Waals surface area contributed by atoms with Gasteiger partial charge >= 0.3 is 0 Å². The summed E-state index contributed by atoms with van der Waals surface area (Å²) in [5.41, 5.74) is 0.998. The van der Waals surface area contributed by atoms with Crippen LogP contribution in [0.15, 0.2) is 42.7 Å². The minimum Gasteiger partial charge on any atom is -0.385 e. The Bertz CT molecular complexity index is 1140. The second kappa shape index (κ2) is 8.17. The molecular weight excluding hydrogens is 424 g/mol. The van der Waals surface area contributed by atoms with Gasteiger partial charge in [-0.1, -0.05) is 12.1 Å². The number of rotatable bonds is 4. The molecule has 0 saturated carbocycles. The van der Waals surface area contributed by atoms with Gasteiger partial charge in [0, 0.05) is 38.4 Å². The lowest BCUT2D eigenvalue weighted by Crippen LogP contribution is -2.54. The van der Waals surface area contributed by atoms with Crippen molar-refractivity contribution in [3.8, 4) is 0 Å². The standard InChI is InChI=1S/C24H24N4O5/c29-20-6-5-19(21(30)26-20)28-22(31)17-4-3-16(12-18(17)23(28)32)24(33)7-10-27(11-8-24)14-15-2-1-9-25-13-15/h1-4,9,12-13,19,33H,5-8,10-11,14H2,(H,26,29,30). The Morgan fingerprint density at radius 1 is 1.06 bits per heavy atom. The number of hydrogen-bond acceptors (Lipinski definition) is 7. The number of likely N-dealkylation sites (tertiary alicyclic amines) is 1. The van der Waals surface area contributed by atoms with Crippen molar-refractivity contribution in [2.45, 2.75) is 43.9 Å². The van der Waals surface area contributed by atoms with Gasteiger partial charge in [-0.15, -0.1) is 0 Å². The summed E-state index contributed by atoms with van der Waals surface area (Å²) in [6, 6.07) is 7.74. The van der Waals surface area contributed by atoms with E-state index >= 15 is 0 Å². The van der Waals surface area contributed by atoms with Gasteiger partial charge in [-0.25, -0.2) is 0 Å². The molecular formula is C24H24N4O5. The van der Waals surface area contributed by atoms with E-state index in [9.17, 15) is 24.3 Å². The number of hydrogen-bond donors (Lipinski definition) is 2. The summed E-state index contributed by atoms with van der Waals surface area (Å²) in [7, 11) is 0. The zero-order valence-corrected chi connectivity index (χ0v) is 18.0. The molecule has 2 fully saturated rings. The van der Waals surface area contributed by atoms with Gasteiger partial charge in [0.1, 0.15) is 6.04 Å². The van der Waals surface area contributed by atoms with Crippen LogP contribution in [0.3, 0.4) is 0 Å². The molecule has 0 radical (unpaired) electrons. The Labute approximate surface area is 190 Å². The quantitative estimate of drug-likeness (QED) is 0.669. The van der Waals surface area contributed by atoms with Gasteiger partial charge in [-0.3, -0.25) is 39.3 Å². The van der Waals surface area contributed by atoms with Crippen molar-refractivity contribution in [2.75, 3.05) is 13.1 Å². The van der Waals surface area contributed by atoms with Gasteiger partial charge in [0.05, 0.1) is 16.7 Å². The summed E-state index contributed by atoms with van der Waals surface area (Å²) in [4.78, 5) is 57.0. The van der Waals surface area contributed by atoms with Crippen LogP contribution in [-0.4, -0.2) is 62.7 Å². The molecule has 5 rings (SSSR count). The Morgan fingerprint density at radius 3 is 2.52 bits per heavy atom. The van der Waals surface area contributed by atoms with Crippen LogP contribution >= 0.6 is 0 Å². The summed E-state index contributed by atoms with van der Waals surface area (Å²) in [5, 5.41) is 13.5. The minimum absolute atomic E-state index is 0.0738. The molecule has 0 aliphatic carbocycles. The molecule has 1 aromatic heterocycles. The second-order valence-corrected chi connectivity index (χ2v) is 8.88. The van der Waals surface area contributed by atoms with Crippen molar-refractivity contribution in [1.29, 1.82) is 0 Å². The minimum atomic E-state index is -1.11. The Kier molecular flexibility index (Phi) is 5.30. The van der Waals surface area contributed by atoms with E-state index in [0.29, 0.717) is 31.5 Å². The van der Waals surface area contributed by atoms with Crippen molar-refractivity contribution in [3.05, 3.63) is 65.0 Å². The second-order valence-electron chi connectivity index (χ2n) is 8.88. The first-order valence-electron chi connectivity index (χ1n) is 11.1. The molecule has 0 spiro atoms. The van der Waals surface area contributed by atoms with Crippen molar-refractivity contribution >= 4 is 23.6 Å². The number of carbonyl (C=O) groups excluding carboxylic acids is 4. The van der Waals surface area contributed by atoms with E-state index in [4.69, 9.17) is 0 Å². The molecule has 1 aromatic carbocycles. The molecule has 2 aromatic rings. The van der Waals surface area contributed by atoms with E-state index in [1.165, 1.54) is 0 Å². The number of imide groups is 2. The van der Waals surface area contributed by atoms with Crippen molar-refractivity contribution < 1.29 is 24.3 Å². The van der Waals surface area contributed by atoms with Crippen LogP contribution in [0.5, 0.6) is 0 Å². The maximum atomic E-state index is 13.1. The van der Waals surface area contributed by atoms with Gasteiger partial charge in [0.15, 0.2) is 0 Å². The number of pyridine rings is 1. The lowest BCUT2D eigenvalue weighted by atomic mass is 9.83. The molecule has 33 heavy (non-hydrogen) atoms. The molecule has 3 aliphatic rings. The van der Waals surface area contributed by atoms with E-state index in [1.807, 2.05) is 18.3 Å². The average molecular weight is 448 g/mol.